The molecule has 1 fully saturated rings. The number of nitrogens with zero attached hydrogens (tertiary/aromatic N) is 3. The molecule has 0 unspecified atom stereocenters. The maximum atomic E-state index is 12.8. The summed E-state index contributed by atoms with van der Waals surface area (Å²) >= 11 is 0. The molecule has 1 N–H and O–H groups in total. The van der Waals surface area contributed by atoms with Crippen LogP contribution in [0.4, 0.5) is 11.4 Å². The highest BCUT2D eigenvalue weighted by molar-refractivity contribution is 6.04. The zero-order valence-electron chi connectivity index (χ0n) is 15.2. The second-order valence-electron chi connectivity index (χ2n) is 6.37. The molecule has 1 aliphatic heterocycles. The lowest BCUT2D eigenvalue weighted by Gasteiger charge is -2.30. The van der Waals surface area contributed by atoms with E-state index in [-0.39, 0.29) is 17.2 Å². The number of rotatable bonds is 4. The van der Waals surface area contributed by atoms with Crippen LogP contribution in [0.2, 0.25) is 0 Å². The standard InChI is InChI=1S/C21H20N4O3/c26-20-11-10-18(23-25(20)16-6-2-1-3-7-16)21(27)22-17-8-4-5-9-19(17)24-12-14-28-15-13-24/h1-11H,12-15H2,(H,22,27). The molecular formula is C21H20N4O3. The van der Waals surface area contributed by atoms with Crippen LogP contribution in [0.15, 0.2) is 71.5 Å². The molecule has 0 saturated carbocycles. The topological polar surface area (TPSA) is 76.5 Å². The van der Waals surface area contributed by atoms with Crippen LogP contribution in [0.1, 0.15) is 10.5 Å². The molecular weight excluding hydrogens is 356 g/mol. The van der Waals surface area contributed by atoms with Gasteiger partial charge in [-0.2, -0.15) is 9.78 Å². The molecule has 0 radical (unpaired) electrons. The van der Waals surface area contributed by atoms with Gasteiger partial charge in [0.25, 0.3) is 11.5 Å². The Bertz CT molecular complexity index is 1030. The molecule has 142 valence electrons. The van der Waals surface area contributed by atoms with Gasteiger partial charge in [-0.25, -0.2) is 0 Å². The number of amides is 1. The average molecular weight is 376 g/mol. The maximum absolute atomic E-state index is 12.8. The number of benzene rings is 2. The monoisotopic (exact) mass is 376 g/mol. The average Bonchev–Trinajstić information content (AvgIpc) is 2.75. The summed E-state index contributed by atoms with van der Waals surface area (Å²) in [6.45, 7) is 2.85. The summed E-state index contributed by atoms with van der Waals surface area (Å²) < 4.78 is 6.63. The Hall–Kier alpha value is -3.45. The molecule has 0 atom stereocenters. The number of aromatic nitrogens is 2. The van der Waals surface area contributed by atoms with Crippen molar-refractivity contribution < 1.29 is 9.53 Å². The number of morpholine rings is 1. The molecule has 1 amide bonds. The van der Waals surface area contributed by atoms with E-state index in [1.807, 2.05) is 42.5 Å². The number of nitrogens with one attached hydrogen (secondary N) is 1. The lowest BCUT2D eigenvalue weighted by atomic mass is 10.2. The highest BCUT2D eigenvalue weighted by atomic mass is 16.5. The number of ether oxygens (including phenoxy) is 1. The zero-order valence-corrected chi connectivity index (χ0v) is 15.2. The SMILES string of the molecule is O=C(Nc1ccccc1N1CCOCC1)c1ccc(=O)n(-c2ccccc2)n1. The van der Waals surface area contributed by atoms with E-state index in [4.69, 9.17) is 4.74 Å². The number of para-hydroxylation sites is 3. The number of hydrogen-bond donors (Lipinski definition) is 1. The Kier molecular flexibility index (Phi) is 5.16. The lowest BCUT2D eigenvalue weighted by Crippen LogP contribution is -2.36. The second kappa shape index (κ2) is 8.06. The predicted molar refractivity (Wildman–Crippen MR) is 107 cm³/mol. The van der Waals surface area contributed by atoms with Crippen LogP contribution in [0.25, 0.3) is 5.69 Å². The van der Waals surface area contributed by atoms with Crippen molar-refractivity contribution >= 4 is 17.3 Å². The third kappa shape index (κ3) is 3.79. The van der Waals surface area contributed by atoms with E-state index >= 15 is 0 Å². The Labute approximate surface area is 162 Å². The van der Waals surface area contributed by atoms with Gasteiger partial charge in [-0.05, 0) is 30.3 Å². The fraction of sp³-hybridized carbons (Fsp3) is 0.190. The van der Waals surface area contributed by atoms with Crippen molar-refractivity contribution in [2.24, 2.45) is 0 Å². The zero-order chi connectivity index (χ0) is 19.3. The molecule has 2 heterocycles. The molecule has 1 aliphatic rings. The van der Waals surface area contributed by atoms with Gasteiger partial charge in [0.05, 0.1) is 30.3 Å². The normalized spacial score (nSPS) is 13.9. The van der Waals surface area contributed by atoms with Crippen molar-refractivity contribution in [1.29, 1.82) is 0 Å². The van der Waals surface area contributed by atoms with E-state index in [1.54, 1.807) is 12.1 Å². The van der Waals surface area contributed by atoms with Gasteiger partial charge in [-0.1, -0.05) is 30.3 Å². The van der Waals surface area contributed by atoms with Gasteiger partial charge in [-0.3, -0.25) is 9.59 Å². The molecule has 0 bridgehead atoms. The summed E-state index contributed by atoms with van der Waals surface area (Å²) in [6, 6.07) is 19.4. The highest BCUT2D eigenvalue weighted by Gasteiger charge is 2.17. The first-order chi connectivity index (χ1) is 13.7. The minimum absolute atomic E-state index is 0.167. The Morgan fingerprint density at radius 3 is 2.43 bits per heavy atom. The lowest BCUT2D eigenvalue weighted by molar-refractivity contribution is 0.102. The van der Waals surface area contributed by atoms with E-state index in [1.165, 1.54) is 16.8 Å². The van der Waals surface area contributed by atoms with E-state index < -0.39 is 0 Å². The van der Waals surface area contributed by atoms with E-state index in [0.29, 0.717) is 24.6 Å². The van der Waals surface area contributed by atoms with Crippen LogP contribution in [0.5, 0.6) is 0 Å². The van der Waals surface area contributed by atoms with Gasteiger partial charge < -0.3 is 15.0 Å². The summed E-state index contributed by atoms with van der Waals surface area (Å²) in [6.07, 6.45) is 0. The fourth-order valence-corrected chi connectivity index (χ4v) is 3.13. The Balaban J connectivity index is 1.61. The first-order valence-corrected chi connectivity index (χ1v) is 9.11. The van der Waals surface area contributed by atoms with Gasteiger partial charge in [0.1, 0.15) is 5.69 Å². The largest absolute Gasteiger partial charge is 0.378 e. The van der Waals surface area contributed by atoms with Gasteiger partial charge >= 0.3 is 0 Å². The third-order valence-electron chi connectivity index (χ3n) is 4.54. The molecule has 0 spiro atoms. The van der Waals surface area contributed by atoms with Crippen molar-refractivity contribution in [3.8, 4) is 5.69 Å². The number of hydrogen-bond acceptors (Lipinski definition) is 5. The smallest absolute Gasteiger partial charge is 0.276 e. The first-order valence-electron chi connectivity index (χ1n) is 9.11. The quantitative estimate of drug-likeness (QED) is 0.756. The van der Waals surface area contributed by atoms with Crippen molar-refractivity contribution in [1.82, 2.24) is 9.78 Å². The minimum Gasteiger partial charge on any atom is -0.378 e. The van der Waals surface area contributed by atoms with Crippen LogP contribution >= 0.6 is 0 Å². The molecule has 3 aromatic rings. The van der Waals surface area contributed by atoms with Gasteiger partial charge in [0.2, 0.25) is 0 Å². The van der Waals surface area contributed by atoms with Crippen LogP contribution in [0.3, 0.4) is 0 Å². The predicted octanol–water partition coefficient (Wildman–Crippen LogP) is 2.32. The van der Waals surface area contributed by atoms with Crippen molar-refractivity contribution in [2.75, 3.05) is 36.5 Å². The summed E-state index contributed by atoms with van der Waals surface area (Å²) in [4.78, 5) is 27.2. The van der Waals surface area contributed by atoms with E-state index in [9.17, 15) is 9.59 Å². The minimum atomic E-state index is -0.370. The van der Waals surface area contributed by atoms with Crippen LogP contribution in [0, 0.1) is 0 Å². The molecule has 0 aliphatic carbocycles. The molecule has 1 saturated heterocycles. The highest BCUT2D eigenvalue weighted by Crippen LogP contribution is 2.26. The van der Waals surface area contributed by atoms with Crippen LogP contribution in [-0.4, -0.2) is 42.0 Å². The van der Waals surface area contributed by atoms with Gasteiger partial charge in [-0.15, -0.1) is 0 Å². The Morgan fingerprint density at radius 2 is 1.64 bits per heavy atom. The summed E-state index contributed by atoms with van der Waals surface area (Å²) in [7, 11) is 0. The van der Waals surface area contributed by atoms with Gasteiger partial charge in [0.15, 0.2) is 0 Å². The Morgan fingerprint density at radius 1 is 0.929 bits per heavy atom. The molecule has 1 aromatic heterocycles. The molecule has 7 heteroatoms. The summed E-state index contributed by atoms with van der Waals surface area (Å²) in [5.74, 6) is -0.370. The molecule has 2 aromatic carbocycles. The first kappa shape index (κ1) is 17.9. The third-order valence-corrected chi connectivity index (χ3v) is 4.54. The van der Waals surface area contributed by atoms with Crippen molar-refractivity contribution in [3.05, 3.63) is 82.8 Å². The molecule has 28 heavy (non-hydrogen) atoms. The number of carbonyl (C=O) groups is 1. The van der Waals surface area contributed by atoms with Gasteiger partial charge in [0, 0.05) is 19.2 Å². The van der Waals surface area contributed by atoms with Crippen molar-refractivity contribution in [2.45, 2.75) is 0 Å². The van der Waals surface area contributed by atoms with Crippen molar-refractivity contribution in [3.63, 3.8) is 0 Å². The van der Waals surface area contributed by atoms with E-state index in [0.717, 1.165) is 18.8 Å². The number of carbonyl (C=O) groups excluding carboxylic acids is 1. The summed E-state index contributed by atoms with van der Waals surface area (Å²) in [5, 5.41) is 7.16. The fourth-order valence-electron chi connectivity index (χ4n) is 3.13. The second-order valence-corrected chi connectivity index (χ2v) is 6.37. The van der Waals surface area contributed by atoms with E-state index in [2.05, 4.69) is 15.3 Å². The molecule has 7 nitrogen and oxygen atoms in total. The summed E-state index contributed by atoms with van der Waals surface area (Å²) in [5.41, 5.74) is 2.12. The maximum Gasteiger partial charge on any atom is 0.276 e. The van der Waals surface area contributed by atoms with Crippen LogP contribution < -0.4 is 15.8 Å². The number of anilines is 2. The molecule has 4 rings (SSSR count). The van der Waals surface area contributed by atoms with Crippen LogP contribution in [-0.2, 0) is 4.74 Å².